The summed E-state index contributed by atoms with van der Waals surface area (Å²) in [7, 11) is 0. The first-order valence-corrected chi connectivity index (χ1v) is 1.51. The van der Waals surface area contributed by atoms with E-state index in [0.29, 0.717) is 0 Å². The van der Waals surface area contributed by atoms with Crippen LogP contribution in [0.1, 0.15) is 6.92 Å². The Morgan fingerprint density at radius 1 is 1.71 bits per heavy atom. The zero-order valence-electron chi connectivity index (χ0n) is 4.52. The minimum atomic E-state index is -1.19. The fraction of sp³-hybridized carbons (Fsp3) is 0.250. The van der Waals surface area contributed by atoms with Crippen molar-refractivity contribution >= 4 is 5.97 Å². The Morgan fingerprint density at radius 2 is 1.86 bits per heavy atom. The van der Waals surface area contributed by atoms with Crippen LogP contribution < -0.4 is 34.7 Å². The topological polar surface area (TPSA) is 40.1 Å². The molecule has 0 rings (SSSR count). The van der Waals surface area contributed by atoms with Crippen molar-refractivity contribution in [2.24, 2.45) is 0 Å². The SMILES string of the molecule is C=C(C)[13C](=O)[O-].[Na+]. The van der Waals surface area contributed by atoms with Gasteiger partial charge in [-0.15, -0.1) is 0 Å². The summed E-state index contributed by atoms with van der Waals surface area (Å²) in [5.74, 6) is -1.19. The molecule has 34 valence electrons. The van der Waals surface area contributed by atoms with Gasteiger partial charge in [0.15, 0.2) is 0 Å². The van der Waals surface area contributed by atoms with Crippen molar-refractivity contribution in [2.45, 2.75) is 6.92 Å². The van der Waals surface area contributed by atoms with Gasteiger partial charge in [-0.1, -0.05) is 6.58 Å². The third-order valence-corrected chi connectivity index (χ3v) is 0.348. The number of aliphatic carboxylic acids is 1. The number of rotatable bonds is 1. The molecule has 0 saturated heterocycles. The minimum absolute atomic E-state index is 0. The van der Waals surface area contributed by atoms with Gasteiger partial charge in [0.2, 0.25) is 0 Å². The molecule has 2 nitrogen and oxygen atoms in total. The molecular formula is C4H5NaO2. The Morgan fingerprint density at radius 3 is 1.86 bits per heavy atom. The second-order valence-corrected chi connectivity index (χ2v) is 1.07. The number of carboxylic acid groups (broad SMARTS) is 1. The van der Waals surface area contributed by atoms with E-state index in [1.54, 1.807) is 0 Å². The molecule has 0 heterocycles. The smallest absolute Gasteiger partial charge is 0.545 e. The predicted molar refractivity (Wildman–Crippen MR) is 19.8 cm³/mol. The van der Waals surface area contributed by atoms with Crippen LogP contribution in [-0.4, -0.2) is 5.97 Å². The fourth-order valence-electron chi connectivity index (χ4n) is 0. The Bertz CT molecular complexity index is 75.7. The number of carboxylic acids is 1. The number of hydrogen-bond donors (Lipinski definition) is 0. The van der Waals surface area contributed by atoms with Gasteiger partial charge in [0.1, 0.15) is 0 Å². The zero-order chi connectivity index (χ0) is 5.15. The summed E-state index contributed by atoms with van der Waals surface area (Å²) in [6.07, 6.45) is 0. The summed E-state index contributed by atoms with van der Waals surface area (Å²) in [5, 5.41) is 9.49. The van der Waals surface area contributed by atoms with Gasteiger partial charge in [0.05, 0.1) is 5.97 Å². The van der Waals surface area contributed by atoms with E-state index in [0.717, 1.165) is 0 Å². The van der Waals surface area contributed by atoms with E-state index < -0.39 is 5.97 Å². The molecule has 0 fully saturated rings. The molecule has 0 aliphatic carbocycles. The van der Waals surface area contributed by atoms with Crippen molar-refractivity contribution in [3.63, 3.8) is 0 Å². The second kappa shape index (κ2) is 4.37. The van der Waals surface area contributed by atoms with Crippen molar-refractivity contribution in [3.05, 3.63) is 12.2 Å². The van der Waals surface area contributed by atoms with Crippen LogP contribution in [0.15, 0.2) is 12.2 Å². The van der Waals surface area contributed by atoms with E-state index in [1.165, 1.54) is 6.92 Å². The molecule has 3 heteroatoms. The van der Waals surface area contributed by atoms with Gasteiger partial charge in [-0.05, 0) is 12.5 Å². The maximum Gasteiger partial charge on any atom is 1.00 e. The Balaban J connectivity index is 0. The molecule has 0 amide bonds. The monoisotopic (exact) mass is 109 g/mol. The molecule has 0 aliphatic rings. The van der Waals surface area contributed by atoms with Crippen molar-refractivity contribution in [2.75, 3.05) is 0 Å². The summed E-state index contributed by atoms with van der Waals surface area (Å²) in [4.78, 5) is 9.49. The van der Waals surface area contributed by atoms with Crippen LogP contribution in [0.2, 0.25) is 0 Å². The van der Waals surface area contributed by atoms with E-state index in [1.807, 2.05) is 0 Å². The molecule has 0 aromatic rings. The van der Waals surface area contributed by atoms with Gasteiger partial charge < -0.3 is 9.90 Å². The largest absolute Gasteiger partial charge is 1.00 e. The van der Waals surface area contributed by atoms with Crippen molar-refractivity contribution in [3.8, 4) is 0 Å². The molecule has 0 atom stereocenters. The standard InChI is InChI=1S/C4H6O2.Na/c1-3(2)4(5)6;/h1H2,2H3,(H,5,6);/q;+1/p-1/i4+1;. The van der Waals surface area contributed by atoms with E-state index in [-0.39, 0.29) is 35.1 Å². The van der Waals surface area contributed by atoms with Crippen LogP contribution in [0.5, 0.6) is 0 Å². The Kier molecular flexibility index (Phi) is 6.40. The van der Waals surface area contributed by atoms with Gasteiger partial charge >= 0.3 is 29.6 Å². The van der Waals surface area contributed by atoms with Gasteiger partial charge in [-0.25, -0.2) is 0 Å². The molecular weight excluding hydrogens is 104 g/mol. The maximum absolute atomic E-state index is 9.49. The van der Waals surface area contributed by atoms with Crippen LogP contribution >= 0.6 is 0 Å². The van der Waals surface area contributed by atoms with E-state index in [2.05, 4.69) is 6.58 Å². The van der Waals surface area contributed by atoms with E-state index in [4.69, 9.17) is 0 Å². The molecule has 0 saturated carbocycles. The fourth-order valence-corrected chi connectivity index (χ4v) is 0. The van der Waals surface area contributed by atoms with Gasteiger partial charge in [0.25, 0.3) is 0 Å². The van der Waals surface area contributed by atoms with Crippen molar-refractivity contribution in [1.29, 1.82) is 0 Å². The van der Waals surface area contributed by atoms with Crippen LogP contribution in [-0.2, 0) is 4.79 Å². The summed E-state index contributed by atoms with van der Waals surface area (Å²) in [5.41, 5.74) is 0.0648. The molecule has 0 aliphatic heterocycles. The Hall–Kier alpha value is 0.210. The first-order chi connectivity index (χ1) is 2.64. The van der Waals surface area contributed by atoms with E-state index >= 15 is 0 Å². The third kappa shape index (κ3) is 6.21. The minimum Gasteiger partial charge on any atom is -0.545 e. The van der Waals surface area contributed by atoms with Gasteiger partial charge in [-0.2, -0.15) is 0 Å². The summed E-state index contributed by atoms with van der Waals surface area (Å²) >= 11 is 0. The summed E-state index contributed by atoms with van der Waals surface area (Å²) in [6, 6.07) is 0. The first kappa shape index (κ1) is 10.2. The predicted octanol–water partition coefficient (Wildman–Crippen LogP) is -3.68. The van der Waals surface area contributed by atoms with Crippen molar-refractivity contribution < 1.29 is 39.5 Å². The molecule has 0 aromatic heterocycles. The van der Waals surface area contributed by atoms with Crippen LogP contribution in [0, 0.1) is 0 Å². The average molecular weight is 109 g/mol. The van der Waals surface area contributed by atoms with Crippen molar-refractivity contribution in [1.82, 2.24) is 0 Å². The van der Waals surface area contributed by atoms with Crippen LogP contribution in [0.25, 0.3) is 0 Å². The van der Waals surface area contributed by atoms with E-state index in [9.17, 15) is 9.90 Å². The number of carbonyl (C=O) groups excluding carboxylic acids is 1. The molecule has 0 unspecified atom stereocenters. The quantitative estimate of drug-likeness (QED) is 0.198. The Labute approximate surface area is 64.5 Å². The number of carbonyl (C=O) groups is 1. The molecule has 0 spiro atoms. The zero-order valence-corrected chi connectivity index (χ0v) is 6.52. The normalized spacial score (nSPS) is 6.43. The molecule has 0 aromatic carbocycles. The second-order valence-electron chi connectivity index (χ2n) is 1.07. The third-order valence-electron chi connectivity index (χ3n) is 0.348. The average Bonchev–Trinajstić information content (AvgIpc) is 1.36. The maximum atomic E-state index is 9.49. The molecule has 0 radical (unpaired) electrons. The van der Waals surface area contributed by atoms with Crippen LogP contribution in [0.4, 0.5) is 0 Å². The molecule has 0 N–H and O–H groups in total. The number of hydrogen-bond acceptors (Lipinski definition) is 2. The molecule has 0 bridgehead atoms. The molecule has 7 heavy (non-hydrogen) atoms. The van der Waals surface area contributed by atoms with Crippen LogP contribution in [0.3, 0.4) is 0 Å². The first-order valence-electron chi connectivity index (χ1n) is 1.51. The summed E-state index contributed by atoms with van der Waals surface area (Å²) in [6.45, 7) is 4.48. The summed E-state index contributed by atoms with van der Waals surface area (Å²) < 4.78 is 0. The van der Waals surface area contributed by atoms with Gasteiger partial charge in [0, 0.05) is 0 Å². The van der Waals surface area contributed by atoms with Gasteiger partial charge in [-0.3, -0.25) is 0 Å².